The van der Waals surface area contributed by atoms with Crippen molar-refractivity contribution in [3.63, 3.8) is 0 Å². The van der Waals surface area contributed by atoms with Crippen molar-refractivity contribution in [1.82, 2.24) is 29.8 Å². The summed E-state index contributed by atoms with van der Waals surface area (Å²) >= 11 is 5.88. The van der Waals surface area contributed by atoms with E-state index < -0.39 is 0 Å². The lowest BCUT2D eigenvalue weighted by Crippen LogP contribution is -2.08. The van der Waals surface area contributed by atoms with Crippen LogP contribution in [0.4, 0.5) is 0 Å². The highest BCUT2D eigenvalue weighted by atomic mass is 35.5. The first kappa shape index (κ1) is 13.8. The van der Waals surface area contributed by atoms with Gasteiger partial charge < -0.3 is 0 Å². The lowest BCUT2D eigenvalue weighted by molar-refractivity contribution is 0.598. The van der Waals surface area contributed by atoms with Crippen LogP contribution in [0.2, 0.25) is 5.02 Å². The molecule has 0 aliphatic rings. The van der Waals surface area contributed by atoms with Crippen molar-refractivity contribution in [2.45, 2.75) is 26.3 Å². The highest BCUT2D eigenvalue weighted by Crippen LogP contribution is 2.14. The molecule has 6 nitrogen and oxygen atoms in total. The number of benzene rings is 1. The van der Waals surface area contributed by atoms with Gasteiger partial charge in [-0.15, -0.1) is 5.10 Å². The van der Waals surface area contributed by atoms with Gasteiger partial charge in [-0.1, -0.05) is 30.7 Å². The first-order valence-corrected chi connectivity index (χ1v) is 7.06. The number of rotatable bonds is 4. The second kappa shape index (κ2) is 5.65. The molecule has 21 heavy (non-hydrogen) atoms. The second-order valence-electron chi connectivity index (χ2n) is 5.06. The van der Waals surface area contributed by atoms with E-state index in [9.17, 15) is 0 Å². The molecule has 0 aliphatic heterocycles. The third-order valence-electron chi connectivity index (χ3n) is 3.11. The van der Waals surface area contributed by atoms with Crippen LogP contribution in [0.5, 0.6) is 0 Å². The topological polar surface area (TPSA) is 61.4 Å². The summed E-state index contributed by atoms with van der Waals surface area (Å²) in [4.78, 5) is 4.27. The van der Waals surface area contributed by atoms with E-state index in [1.807, 2.05) is 35.1 Å². The fourth-order valence-corrected chi connectivity index (χ4v) is 2.21. The Morgan fingerprint density at radius 1 is 1.19 bits per heavy atom. The summed E-state index contributed by atoms with van der Waals surface area (Å²) in [5.74, 6) is 1.26. The number of nitrogens with zero attached hydrogens (tertiary/aromatic N) is 6. The number of aromatic nitrogens is 6. The molecule has 3 aromatic rings. The first-order valence-electron chi connectivity index (χ1n) is 6.68. The molecular weight excluding hydrogens is 288 g/mol. The van der Waals surface area contributed by atoms with Crippen LogP contribution in [0.25, 0.3) is 5.69 Å². The molecule has 2 aromatic heterocycles. The zero-order valence-electron chi connectivity index (χ0n) is 11.8. The van der Waals surface area contributed by atoms with E-state index in [2.05, 4.69) is 34.2 Å². The Hall–Kier alpha value is -2.21. The molecule has 0 unspecified atom stereocenters. The van der Waals surface area contributed by atoms with Gasteiger partial charge in [-0.05, 0) is 24.3 Å². The normalized spacial score (nSPS) is 11.2. The van der Waals surface area contributed by atoms with Gasteiger partial charge in [-0.25, -0.2) is 14.3 Å². The van der Waals surface area contributed by atoms with Crippen molar-refractivity contribution in [2.75, 3.05) is 0 Å². The predicted molar refractivity (Wildman–Crippen MR) is 79.6 cm³/mol. The van der Waals surface area contributed by atoms with Crippen LogP contribution < -0.4 is 0 Å². The maximum Gasteiger partial charge on any atom is 0.138 e. The van der Waals surface area contributed by atoms with Gasteiger partial charge in [-0.2, -0.15) is 5.10 Å². The third-order valence-corrected chi connectivity index (χ3v) is 3.36. The number of halogens is 1. The van der Waals surface area contributed by atoms with Crippen molar-refractivity contribution in [3.8, 4) is 5.69 Å². The van der Waals surface area contributed by atoms with Gasteiger partial charge in [0.2, 0.25) is 0 Å². The third kappa shape index (κ3) is 2.95. The second-order valence-corrected chi connectivity index (χ2v) is 5.50. The van der Waals surface area contributed by atoms with Crippen molar-refractivity contribution in [2.24, 2.45) is 0 Å². The Bertz CT molecular complexity index is 728. The summed E-state index contributed by atoms with van der Waals surface area (Å²) in [5, 5.41) is 13.2. The SMILES string of the molecule is CC(C)c1ncnn1Cc1cn(-c2ccc(Cl)cc2)nn1. The summed E-state index contributed by atoms with van der Waals surface area (Å²) in [6, 6.07) is 7.45. The standard InChI is InChI=1S/C14H15ClN6/c1-10(2)14-16-9-17-21(14)8-12-7-20(19-18-12)13-5-3-11(15)4-6-13/h3-7,9-10H,8H2,1-2H3. The maximum absolute atomic E-state index is 5.88. The van der Waals surface area contributed by atoms with E-state index in [1.165, 1.54) is 0 Å². The highest BCUT2D eigenvalue weighted by molar-refractivity contribution is 6.30. The molecule has 7 heteroatoms. The van der Waals surface area contributed by atoms with Crippen LogP contribution >= 0.6 is 11.6 Å². The molecule has 3 rings (SSSR count). The van der Waals surface area contributed by atoms with Gasteiger partial charge in [0.15, 0.2) is 0 Å². The predicted octanol–water partition coefficient (Wildman–Crippen LogP) is 2.68. The van der Waals surface area contributed by atoms with E-state index in [0.717, 1.165) is 17.2 Å². The van der Waals surface area contributed by atoms with Gasteiger partial charge in [0, 0.05) is 10.9 Å². The molecule has 0 aliphatic carbocycles. The number of hydrogen-bond donors (Lipinski definition) is 0. The average molecular weight is 303 g/mol. The Kier molecular flexibility index (Phi) is 3.70. The van der Waals surface area contributed by atoms with Gasteiger partial charge >= 0.3 is 0 Å². The van der Waals surface area contributed by atoms with E-state index in [4.69, 9.17) is 11.6 Å². The largest absolute Gasteiger partial charge is 0.244 e. The summed E-state index contributed by atoms with van der Waals surface area (Å²) in [6.07, 6.45) is 3.45. The quantitative estimate of drug-likeness (QED) is 0.743. The van der Waals surface area contributed by atoms with Crippen LogP contribution in [0.3, 0.4) is 0 Å². The van der Waals surface area contributed by atoms with Crippen LogP contribution in [-0.4, -0.2) is 29.8 Å². The molecule has 0 amide bonds. The Balaban J connectivity index is 1.82. The molecular formula is C14H15ClN6. The molecule has 0 fully saturated rings. The molecule has 0 N–H and O–H groups in total. The minimum absolute atomic E-state index is 0.318. The number of hydrogen-bond acceptors (Lipinski definition) is 4. The van der Waals surface area contributed by atoms with E-state index in [1.54, 1.807) is 11.0 Å². The molecule has 0 bridgehead atoms. The van der Waals surface area contributed by atoms with Gasteiger partial charge in [-0.3, -0.25) is 0 Å². The van der Waals surface area contributed by atoms with Gasteiger partial charge in [0.25, 0.3) is 0 Å². The summed E-state index contributed by atoms with van der Waals surface area (Å²) in [5.41, 5.74) is 1.75. The molecule has 108 valence electrons. The fraction of sp³-hybridized carbons (Fsp3) is 0.286. The lowest BCUT2D eigenvalue weighted by Gasteiger charge is -2.06. The summed E-state index contributed by atoms with van der Waals surface area (Å²) < 4.78 is 3.57. The monoisotopic (exact) mass is 302 g/mol. The summed E-state index contributed by atoms with van der Waals surface area (Å²) in [7, 11) is 0. The van der Waals surface area contributed by atoms with E-state index in [0.29, 0.717) is 17.5 Å². The van der Waals surface area contributed by atoms with Crippen molar-refractivity contribution in [3.05, 3.63) is 53.3 Å². The zero-order valence-corrected chi connectivity index (χ0v) is 12.6. The van der Waals surface area contributed by atoms with Crippen LogP contribution in [0.1, 0.15) is 31.3 Å². The molecule has 0 saturated heterocycles. The van der Waals surface area contributed by atoms with E-state index >= 15 is 0 Å². The van der Waals surface area contributed by atoms with Crippen molar-refractivity contribution in [1.29, 1.82) is 0 Å². The lowest BCUT2D eigenvalue weighted by atomic mass is 10.2. The fourth-order valence-electron chi connectivity index (χ4n) is 2.09. The average Bonchev–Trinajstić information content (AvgIpc) is 3.09. The van der Waals surface area contributed by atoms with Crippen molar-refractivity contribution < 1.29 is 0 Å². The Labute approximate surface area is 127 Å². The smallest absolute Gasteiger partial charge is 0.138 e. The van der Waals surface area contributed by atoms with Crippen LogP contribution in [0, 0.1) is 0 Å². The molecule has 0 radical (unpaired) electrons. The Morgan fingerprint density at radius 2 is 1.95 bits per heavy atom. The van der Waals surface area contributed by atoms with Crippen molar-refractivity contribution >= 4 is 11.6 Å². The maximum atomic E-state index is 5.88. The Morgan fingerprint density at radius 3 is 2.67 bits per heavy atom. The minimum atomic E-state index is 0.318. The van der Waals surface area contributed by atoms with E-state index in [-0.39, 0.29) is 0 Å². The molecule has 0 spiro atoms. The summed E-state index contributed by atoms with van der Waals surface area (Å²) in [6.45, 7) is 4.73. The molecule has 2 heterocycles. The molecule has 1 aromatic carbocycles. The van der Waals surface area contributed by atoms with Crippen LogP contribution in [-0.2, 0) is 6.54 Å². The van der Waals surface area contributed by atoms with Gasteiger partial charge in [0.1, 0.15) is 17.8 Å². The minimum Gasteiger partial charge on any atom is -0.244 e. The highest BCUT2D eigenvalue weighted by Gasteiger charge is 2.11. The zero-order chi connectivity index (χ0) is 14.8. The molecule has 0 saturated carbocycles. The van der Waals surface area contributed by atoms with Crippen LogP contribution in [0.15, 0.2) is 36.8 Å². The van der Waals surface area contributed by atoms with Gasteiger partial charge in [0.05, 0.1) is 18.4 Å². The first-order chi connectivity index (χ1) is 10.1. The molecule has 0 atom stereocenters.